The van der Waals surface area contributed by atoms with E-state index in [-0.39, 0.29) is 17.3 Å². The van der Waals surface area contributed by atoms with E-state index in [0.717, 1.165) is 5.56 Å². The number of anilines is 1. The van der Waals surface area contributed by atoms with Crippen molar-refractivity contribution in [2.75, 3.05) is 5.32 Å². The molecule has 0 bridgehead atoms. The molecule has 22 heavy (non-hydrogen) atoms. The number of amides is 1. The average Bonchev–Trinajstić information content (AvgIpc) is 2.54. The van der Waals surface area contributed by atoms with Crippen LogP contribution in [0.4, 0.5) is 5.69 Å². The number of carbonyl (C=O) groups is 1. The monoisotopic (exact) mass is 318 g/mol. The third kappa shape index (κ3) is 4.41. The van der Waals surface area contributed by atoms with Crippen molar-refractivity contribution in [3.05, 3.63) is 60.2 Å². The fourth-order valence-corrected chi connectivity index (χ4v) is 2.84. The Labute approximate surface area is 130 Å². The van der Waals surface area contributed by atoms with E-state index in [4.69, 9.17) is 0 Å². The van der Waals surface area contributed by atoms with Crippen molar-refractivity contribution < 1.29 is 13.2 Å². The molecule has 0 radical (unpaired) electrons. The van der Waals surface area contributed by atoms with Crippen molar-refractivity contribution in [3.8, 4) is 0 Å². The van der Waals surface area contributed by atoms with Crippen LogP contribution in [0.15, 0.2) is 59.5 Å². The van der Waals surface area contributed by atoms with Crippen LogP contribution in [0, 0.1) is 0 Å². The maximum absolute atomic E-state index is 12.2. The number of hydrogen-bond acceptors (Lipinski definition) is 3. The van der Waals surface area contributed by atoms with Crippen LogP contribution in [-0.4, -0.2) is 14.3 Å². The molecule has 0 aromatic heterocycles. The Hall–Kier alpha value is -2.18. The standard InChI is InChI=1S/C16H18N2O3S/c1-2-16(19)18-14-8-10-15(11-9-14)22(20,21)17-12-13-6-4-3-5-7-13/h3-11,17H,2,12H2,1H3,(H,18,19). The van der Waals surface area contributed by atoms with Gasteiger partial charge in [-0.05, 0) is 29.8 Å². The topological polar surface area (TPSA) is 75.3 Å². The average molecular weight is 318 g/mol. The summed E-state index contributed by atoms with van der Waals surface area (Å²) in [7, 11) is -3.57. The summed E-state index contributed by atoms with van der Waals surface area (Å²) in [5.41, 5.74) is 1.46. The van der Waals surface area contributed by atoms with Gasteiger partial charge in [0.2, 0.25) is 15.9 Å². The van der Waals surface area contributed by atoms with Gasteiger partial charge in [-0.25, -0.2) is 13.1 Å². The van der Waals surface area contributed by atoms with Crippen LogP contribution in [0.3, 0.4) is 0 Å². The lowest BCUT2D eigenvalue weighted by molar-refractivity contribution is -0.115. The highest BCUT2D eigenvalue weighted by Gasteiger charge is 2.13. The zero-order valence-corrected chi connectivity index (χ0v) is 13.1. The van der Waals surface area contributed by atoms with Crippen molar-refractivity contribution in [1.29, 1.82) is 0 Å². The van der Waals surface area contributed by atoms with Crippen LogP contribution in [0.5, 0.6) is 0 Å². The number of sulfonamides is 1. The maximum atomic E-state index is 12.2. The molecular weight excluding hydrogens is 300 g/mol. The predicted octanol–water partition coefficient (Wildman–Crippen LogP) is 2.51. The Morgan fingerprint density at radius 1 is 1.00 bits per heavy atom. The molecule has 1 amide bonds. The Morgan fingerprint density at radius 2 is 1.64 bits per heavy atom. The van der Waals surface area contributed by atoms with Gasteiger partial charge in [0.1, 0.15) is 0 Å². The second kappa shape index (κ2) is 7.20. The molecule has 2 rings (SSSR count). The molecule has 0 fully saturated rings. The summed E-state index contributed by atoms with van der Waals surface area (Å²) in [6, 6.07) is 15.4. The fourth-order valence-electron chi connectivity index (χ4n) is 1.82. The molecule has 0 heterocycles. The summed E-state index contributed by atoms with van der Waals surface area (Å²) in [5, 5.41) is 2.67. The number of nitrogens with one attached hydrogen (secondary N) is 2. The van der Waals surface area contributed by atoms with Gasteiger partial charge in [-0.2, -0.15) is 0 Å². The highest BCUT2D eigenvalue weighted by molar-refractivity contribution is 7.89. The predicted molar refractivity (Wildman–Crippen MR) is 85.8 cm³/mol. The van der Waals surface area contributed by atoms with Gasteiger partial charge in [0.25, 0.3) is 0 Å². The smallest absolute Gasteiger partial charge is 0.240 e. The van der Waals surface area contributed by atoms with Crippen LogP contribution < -0.4 is 10.0 Å². The van der Waals surface area contributed by atoms with Gasteiger partial charge in [0, 0.05) is 18.7 Å². The number of rotatable bonds is 6. The molecule has 0 saturated heterocycles. The van der Waals surface area contributed by atoms with Crippen LogP contribution in [-0.2, 0) is 21.4 Å². The summed E-state index contributed by atoms with van der Waals surface area (Å²) in [5.74, 6) is -0.113. The SMILES string of the molecule is CCC(=O)Nc1ccc(S(=O)(=O)NCc2ccccc2)cc1. The number of carbonyl (C=O) groups excluding carboxylic acids is 1. The first-order valence-corrected chi connectivity index (χ1v) is 8.43. The molecule has 0 atom stereocenters. The molecule has 116 valence electrons. The molecule has 0 spiro atoms. The molecule has 2 aromatic rings. The van der Waals surface area contributed by atoms with Gasteiger partial charge in [-0.3, -0.25) is 4.79 Å². The molecule has 6 heteroatoms. The summed E-state index contributed by atoms with van der Waals surface area (Å²) in [6.45, 7) is 1.99. The van der Waals surface area contributed by atoms with Gasteiger partial charge in [0.15, 0.2) is 0 Å². The van der Waals surface area contributed by atoms with Crippen molar-refractivity contribution >= 4 is 21.6 Å². The highest BCUT2D eigenvalue weighted by Crippen LogP contribution is 2.14. The molecule has 5 nitrogen and oxygen atoms in total. The zero-order valence-electron chi connectivity index (χ0n) is 12.2. The molecule has 2 N–H and O–H groups in total. The minimum absolute atomic E-state index is 0.113. The van der Waals surface area contributed by atoms with E-state index in [1.807, 2.05) is 30.3 Å². The number of hydrogen-bond donors (Lipinski definition) is 2. The molecular formula is C16H18N2O3S. The maximum Gasteiger partial charge on any atom is 0.240 e. The van der Waals surface area contributed by atoms with Crippen LogP contribution in [0.2, 0.25) is 0 Å². The largest absolute Gasteiger partial charge is 0.326 e. The lowest BCUT2D eigenvalue weighted by atomic mass is 10.2. The van der Waals surface area contributed by atoms with Crippen LogP contribution in [0.1, 0.15) is 18.9 Å². The Morgan fingerprint density at radius 3 is 2.23 bits per heavy atom. The van der Waals surface area contributed by atoms with E-state index >= 15 is 0 Å². The first-order chi connectivity index (χ1) is 10.5. The minimum Gasteiger partial charge on any atom is -0.326 e. The van der Waals surface area contributed by atoms with E-state index in [1.54, 1.807) is 19.1 Å². The fraction of sp³-hybridized carbons (Fsp3) is 0.188. The minimum atomic E-state index is -3.57. The van der Waals surface area contributed by atoms with E-state index in [0.29, 0.717) is 12.1 Å². The molecule has 2 aromatic carbocycles. The molecule has 0 unspecified atom stereocenters. The van der Waals surface area contributed by atoms with Gasteiger partial charge in [-0.15, -0.1) is 0 Å². The second-order valence-electron chi connectivity index (χ2n) is 4.74. The highest BCUT2D eigenvalue weighted by atomic mass is 32.2. The molecule has 0 saturated carbocycles. The lowest BCUT2D eigenvalue weighted by Gasteiger charge is -2.08. The van der Waals surface area contributed by atoms with Crippen molar-refractivity contribution in [2.45, 2.75) is 24.8 Å². The summed E-state index contributed by atoms with van der Waals surface area (Å²) >= 11 is 0. The van der Waals surface area contributed by atoms with E-state index < -0.39 is 10.0 Å². The van der Waals surface area contributed by atoms with Crippen LogP contribution in [0.25, 0.3) is 0 Å². The van der Waals surface area contributed by atoms with Crippen LogP contribution >= 0.6 is 0 Å². The van der Waals surface area contributed by atoms with Crippen molar-refractivity contribution in [1.82, 2.24) is 4.72 Å². The summed E-state index contributed by atoms with van der Waals surface area (Å²) in [6.07, 6.45) is 0.374. The summed E-state index contributed by atoms with van der Waals surface area (Å²) < 4.78 is 26.9. The van der Waals surface area contributed by atoms with Gasteiger partial charge < -0.3 is 5.32 Å². The third-order valence-corrected chi connectivity index (χ3v) is 4.50. The van der Waals surface area contributed by atoms with E-state index in [1.165, 1.54) is 12.1 Å². The quantitative estimate of drug-likeness (QED) is 0.859. The van der Waals surface area contributed by atoms with Gasteiger partial charge in [0.05, 0.1) is 4.90 Å². The molecule has 0 aliphatic carbocycles. The summed E-state index contributed by atoms with van der Waals surface area (Å²) in [4.78, 5) is 11.4. The third-order valence-electron chi connectivity index (χ3n) is 3.08. The Balaban J connectivity index is 2.04. The Kier molecular flexibility index (Phi) is 5.30. The first kappa shape index (κ1) is 16.2. The molecule has 0 aliphatic rings. The first-order valence-electron chi connectivity index (χ1n) is 6.95. The van der Waals surface area contributed by atoms with Gasteiger partial charge >= 0.3 is 0 Å². The second-order valence-corrected chi connectivity index (χ2v) is 6.50. The zero-order chi connectivity index (χ0) is 16.0. The normalized spacial score (nSPS) is 11.1. The van der Waals surface area contributed by atoms with Crippen molar-refractivity contribution in [2.24, 2.45) is 0 Å². The number of benzene rings is 2. The lowest BCUT2D eigenvalue weighted by Crippen LogP contribution is -2.23. The van der Waals surface area contributed by atoms with Crippen molar-refractivity contribution in [3.63, 3.8) is 0 Å². The van der Waals surface area contributed by atoms with E-state index in [9.17, 15) is 13.2 Å². The van der Waals surface area contributed by atoms with E-state index in [2.05, 4.69) is 10.0 Å². The molecule has 0 aliphatic heterocycles. The van der Waals surface area contributed by atoms with Gasteiger partial charge in [-0.1, -0.05) is 37.3 Å². The Bertz CT molecular complexity index is 726.